The fraction of sp³-hybridized carbons (Fsp3) is 0.333. The fourth-order valence-corrected chi connectivity index (χ4v) is 3.35. The first kappa shape index (κ1) is 14.2. The van der Waals surface area contributed by atoms with Crippen LogP contribution < -0.4 is 0 Å². The average Bonchev–Trinajstić information content (AvgIpc) is 2.84. The Bertz CT molecular complexity index is 695. The van der Waals surface area contributed by atoms with Gasteiger partial charge in [0.2, 0.25) is 9.84 Å². The molecule has 1 heterocycles. The van der Waals surface area contributed by atoms with Gasteiger partial charge in [-0.15, -0.1) is 5.10 Å². The first-order valence-electron chi connectivity index (χ1n) is 5.82. The van der Waals surface area contributed by atoms with Crippen molar-refractivity contribution in [2.75, 3.05) is 0 Å². The lowest BCUT2D eigenvalue weighted by Crippen LogP contribution is -2.08. The third-order valence-electron chi connectivity index (χ3n) is 2.85. The van der Waals surface area contributed by atoms with Crippen LogP contribution in [0.5, 0.6) is 0 Å². The highest BCUT2D eigenvalue weighted by molar-refractivity contribution is 9.10. The number of aryl methyl sites for hydroxylation is 1. The average molecular weight is 344 g/mol. The number of halogens is 1. The molecular formula is C12H14BrN3O2S. The van der Waals surface area contributed by atoms with Gasteiger partial charge in [0, 0.05) is 10.9 Å². The molecule has 0 fully saturated rings. The molecule has 0 spiro atoms. The number of nitrogens with zero attached hydrogens (tertiary/aromatic N) is 2. The van der Waals surface area contributed by atoms with Gasteiger partial charge in [0.15, 0.2) is 0 Å². The van der Waals surface area contributed by atoms with Gasteiger partial charge in [-0.1, -0.05) is 35.0 Å². The smallest absolute Gasteiger partial charge is 0.262 e. The molecule has 1 aromatic carbocycles. The van der Waals surface area contributed by atoms with Crippen molar-refractivity contribution < 1.29 is 8.42 Å². The van der Waals surface area contributed by atoms with Gasteiger partial charge in [0.1, 0.15) is 5.82 Å². The molecule has 0 aliphatic heterocycles. The van der Waals surface area contributed by atoms with Gasteiger partial charge in [0.25, 0.3) is 5.16 Å². The molecule has 0 saturated carbocycles. The summed E-state index contributed by atoms with van der Waals surface area (Å²) in [6, 6.07) is 5.50. The number of nitrogens with one attached hydrogen (secondary N) is 1. The van der Waals surface area contributed by atoms with E-state index in [-0.39, 0.29) is 10.9 Å². The summed E-state index contributed by atoms with van der Waals surface area (Å²) in [7, 11) is -3.52. The Labute approximate surface area is 120 Å². The summed E-state index contributed by atoms with van der Waals surface area (Å²) in [6.45, 7) is 3.76. The lowest BCUT2D eigenvalue weighted by Gasteiger charge is -2.06. The van der Waals surface area contributed by atoms with Crippen molar-refractivity contribution in [1.82, 2.24) is 15.2 Å². The van der Waals surface area contributed by atoms with Gasteiger partial charge in [-0.05, 0) is 24.1 Å². The highest BCUT2D eigenvalue weighted by Crippen LogP contribution is 2.22. The molecule has 0 bridgehead atoms. The van der Waals surface area contributed by atoms with Gasteiger partial charge in [-0.25, -0.2) is 13.4 Å². The second-order valence-corrected chi connectivity index (χ2v) is 6.94. The molecular weight excluding hydrogens is 330 g/mol. The van der Waals surface area contributed by atoms with Gasteiger partial charge in [-0.2, -0.15) is 0 Å². The predicted octanol–water partition coefficient (Wildman–Crippen LogP) is 2.41. The van der Waals surface area contributed by atoms with Crippen LogP contribution in [0.2, 0.25) is 0 Å². The van der Waals surface area contributed by atoms with E-state index in [2.05, 4.69) is 31.1 Å². The highest BCUT2D eigenvalue weighted by atomic mass is 79.9. The van der Waals surface area contributed by atoms with E-state index in [4.69, 9.17) is 0 Å². The number of aromatic amines is 1. The summed E-state index contributed by atoms with van der Waals surface area (Å²) in [6.07, 6.45) is 0.623. The summed E-state index contributed by atoms with van der Waals surface area (Å²) in [5.74, 6) is 0.476. The summed E-state index contributed by atoms with van der Waals surface area (Å²) in [5, 5.41) is 6.26. The van der Waals surface area contributed by atoms with E-state index in [1.807, 2.05) is 26.0 Å². The second kappa shape index (κ2) is 5.42. The molecule has 1 N–H and O–H groups in total. The zero-order valence-corrected chi connectivity index (χ0v) is 13.0. The molecule has 0 atom stereocenters. The SMILES string of the molecule is CCc1nc(S(=O)(=O)Cc2cccc(Br)c2C)n[nH]1. The number of sulfone groups is 1. The molecule has 19 heavy (non-hydrogen) atoms. The largest absolute Gasteiger partial charge is 0.267 e. The molecule has 0 aliphatic rings. The minimum Gasteiger partial charge on any atom is -0.262 e. The van der Waals surface area contributed by atoms with Crippen molar-refractivity contribution in [3.63, 3.8) is 0 Å². The topological polar surface area (TPSA) is 75.7 Å². The fourth-order valence-electron chi connectivity index (χ4n) is 1.65. The maximum absolute atomic E-state index is 12.2. The van der Waals surface area contributed by atoms with Crippen LogP contribution in [0, 0.1) is 6.92 Å². The molecule has 0 saturated heterocycles. The van der Waals surface area contributed by atoms with Crippen LogP contribution in [0.25, 0.3) is 0 Å². The Morgan fingerprint density at radius 1 is 1.37 bits per heavy atom. The predicted molar refractivity (Wildman–Crippen MR) is 75.5 cm³/mol. The summed E-state index contributed by atoms with van der Waals surface area (Å²) < 4.78 is 25.4. The van der Waals surface area contributed by atoms with Crippen LogP contribution in [0.1, 0.15) is 23.9 Å². The van der Waals surface area contributed by atoms with Crippen molar-refractivity contribution in [2.24, 2.45) is 0 Å². The number of benzene rings is 1. The van der Waals surface area contributed by atoms with Gasteiger partial charge in [-0.3, -0.25) is 5.10 Å². The minimum atomic E-state index is -3.52. The van der Waals surface area contributed by atoms with Crippen LogP contribution in [-0.4, -0.2) is 23.6 Å². The number of rotatable bonds is 4. The normalized spacial score (nSPS) is 11.7. The number of hydrogen-bond donors (Lipinski definition) is 1. The quantitative estimate of drug-likeness (QED) is 0.924. The number of hydrogen-bond acceptors (Lipinski definition) is 4. The van der Waals surface area contributed by atoms with E-state index < -0.39 is 9.84 Å². The first-order chi connectivity index (χ1) is 8.94. The Morgan fingerprint density at radius 2 is 2.11 bits per heavy atom. The van der Waals surface area contributed by atoms with E-state index in [9.17, 15) is 8.42 Å². The lowest BCUT2D eigenvalue weighted by atomic mass is 10.1. The van der Waals surface area contributed by atoms with Crippen molar-refractivity contribution in [2.45, 2.75) is 31.2 Å². The molecule has 0 unspecified atom stereocenters. The summed E-state index contributed by atoms with van der Waals surface area (Å²) >= 11 is 3.39. The maximum atomic E-state index is 12.2. The molecule has 2 rings (SSSR count). The summed E-state index contributed by atoms with van der Waals surface area (Å²) in [4.78, 5) is 3.98. The van der Waals surface area contributed by atoms with Crippen molar-refractivity contribution in [3.05, 3.63) is 39.6 Å². The van der Waals surface area contributed by atoms with Crippen molar-refractivity contribution >= 4 is 25.8 Å². The molecule has 2 aromatic rings. The molecule has 0 amide bonds. The van der Waals surface area contributed by atoms with E-state index in [1.54, 1.807) is 6.07 Å². The van der Waals surface area contributed by atoms with Crippen molar-refractivity contribution in [1.29, 1.82) is 0 Å². The maximum Gasteiger partial charge on any atom is 0.267 e. The van der Waals surface area contributed by atoms with Crippen LogP contribution in [0.3, 0.4) is 0 Å². The molecule has 7 heteroatoms. The summed E-state index contributed by atoms with van der Waals surface area (Å²) in [5.41, 5.74) is 1.66. The van der Waals surface area contributed by atoms with Crippen molar-refractivity contribution in [3.8, 4) is 0 Å². The molecule has 0 aliphatic carbocycles. The standard InChI is InChI=1S/C12H14BrN3O2S/c1-3-11-14-12(16-15-11)19(17,18)7-9-5-4-6-10(13)8(9)2/h4-6H,3,7H2,1-2H3,(H,14,15,16). The van der Waals surface area contributed by atoms with Crippen LogP contribution >= 0.6 is 15.9 Å². The Balaban J connectivity index is 2.33. The number of aromatic nitrogens is 3. The van der Waals surface area contributed by atoms with E-state index in [0.717, 1.165) is 15.6 Å². The molecule has 102 valence electrons. The Hall–Kier alpha value is -1.21. The first-order valence-corrected chi connectivity index (χ1v) is 8.26. The molecule has 0 radical (unpaired) electrons. The van der Waals surface area contributed by atoms with Crippen LogP contribution in [0.4, 0.5) is 0 Å². The Morgan fingerprint density at radius 3 is 2.74 bits per heavy atom. The Kier molecular flexibility index (Phi) is 4.05. The zero-order chi connectivity index (χ0) is 14.0. The minimum absolute atomic E-state index is 0.0979. The van der Waals surface area contributed by atoms with E-state index >= 15 is 0 Å². The van der Waals surface area contributed by atoms with E-state index in [0.29, 0.717) is 12.2 Å². The van der Waals surface area contributed by atoms with Crippen LogP contribution in [0.15, 0.2) is 27.8 Å². The van der Waals surface area contributed by atoms with Gasteiger partial charge < -0.3 is 0 Å². The monoisotopic (exact) mass is 343 g/mol. The second-order valence-electron chi connectivity index (χ2n) is 4.20. The van der Waals surface area contributed by atoms with Gasteiger partial charge >= 0.3 is 0 Å². The van der Waals surface area contributed by atoms with Gasteiger partial charge in [0.05, 0.1) is 5.75 Å². The third-order valence-corrected chi connectivity index (χ3v) is 5.14. The number of H-pyrrole nitrogens is 1. The van der Waals surface area contributed by atoms with Crippen LogP contribution in [-0.2, 0) is 22.0 Å². The molecule has 1 aromatic heterocycles. The highest BCUT2D eigenvalue weighted by Gasteiger charge is 2.21. The lowest BCUT2D eigenvalue weighted by molar-refractivity contribution is 0.586. The molecule has 5 nitrogen and oxygen atoms in total. The zero-order valence-electron chi connectivity index (χ0n) is 10.6. The van der Waals surface area contributed by atoms with E-state index in [1.165, 1.54) is 0 Å². The third kappa shape index (κ3) is 3.03.